The van der Waals surface area contributed by atoms with Crippen molar-refractivity contribution in [1.82, 2.24) is 9.88 Å². The average molecular weight is 422 g/mol. The van der Waals surface area contributed by atoms with Crippen molar-refractivity contribution in [1.29, 1.82) is 0 Å². The Morgan fingerprint density at radius 2 is 1.84 bits per heavy atom. The topological polar surface area (TPSA) is 88.7 Å². The summed E-state index contributed by atoms with van der Waals surface area (Å²) < 4.78 is 6.29. The van der Waals surface area contributed by atoms with E-state index < -0.39 is 17.1 Å². The zero-order valence-corrected chi connectivity index (χ0v) is 18.1. The molecule has 2 atom stereocenters. The number of carbonyl (C=O) groups excluding carboxylic acids is 1. The molecule has 1 aromatic carbocycles. The Morgan fingerprint density at radius 3 is 2.42 bits per heavy atom. The highest BCUT2D eigenvalue weighted by molar-refractivity contribution is 5.90. The molecule has 6 nitrogen and oxygen atoms in total. The van der Waals surface area contributed by atoms with Gasteiger partial charge in [-0.25, -0.2) is 0 Å². The number of carbonyl (C=O) groups is 1. The molecule has 2 bridgehead atoms. The first kappa shape index (κ1) is 20.6. The van der Waals surface area contributed by atoms with Gasteiger partial charge in [0.1, 0.15) is 11.3 Å². The van der Waals surface area contributed by atoms with Gasteiger partial charge >= 0.3 is 0 Å². The fraction of sp³-hybridized carbons (Fsp3) is 0.520. The lowest BCUT2D eigenvalue weighted by Crippen LogP contribution is -2.61. The molecule has 164 valence electrons. The van der Waals surface area contributed by atoms with Gasteiger partial charge in [-0.15, -0.1) is 0 Å². The van der Waals surface area contributed by atoms with E-state index >= 15 is 0 Å². The fourth-order valence-corrected chi connectivity index (χ4v) is 6.59. The summed E-state index contributed by atoms with van der Waals surface area (Å²) >= 11 is 0. The highest BCUT2D eigenvalue weighted by Crippen LogP contribution is 2.51. The van der Waals surface area contributed by atoms with Crippen LogP contribution < -0.4 is 5.73 Å². The predicted octanol–water partition coefficient (Wildman–Crippen LogP) is 2.28. The van der Waals surface area contributed by atoms with Crippen LogP contribution in [0.2, 0.25) is 0 Å². The number of hydrogen-bond donors (Lipinski definition) is 2. The molecular weight excluding hydrogens is 390 g/mol. The number of rotatable bonds is 5. The first-order valence-electron chi connectivity index (χ1n) is 11.3. The van der Waals surface area contributed by atoms with Crippen LogP contribution in [0.3, 0.4) is 0 Å². The van der Waals surface area contributed by atoms with E-state index in [1.807, 2.05) is 12.1 Å². The SMILES string of the molecule is COC1(c2ccnc(C(N)=O)c2)C2CCCC1CN(CC1(O)Cc3ccccc3C1)C2. The highest BCUT2D eigenvalue weighted by atomic mass is 16.5. The fourth-order valence-electron chi connectivity index (χ4n) is 6.59. The summed E-state index contributed by atoms with van der Waals surface area (Å²) in [7, 11) is 1.78. The minimum atomic E-state index is -0.707. The Labute approximate surface area is 183 Å². The van der Waals surface area contributed by atoms with Crippen molar-refractivity contribution in [3.8, 4) is 0 Å². The summed E-state index contributed by atoms with van der Waals surface area (Å²) in [5.41, 5.74) is 8.17. The van der Waals surface area contributed by atoms with Crippen molar-refractivity contribution in [2.24, 2.45) is 17.6 Å². The lowest BCUT2D eigenvalue weighted by molar-refractivity contribution is -0.175. The first-order valence-corrected chi connectivity index (χ1v) is 11.3. The molecule has 3 N–H and O–H groups in total. The van der Waals surface area contributed by atoms with E-state index in [-0.39, 0.29) is 5.69 Å². The van der Waals surface area contributed by atoms with Gasteiger partial charge in [0.05, 0.1) is 5.60 Å². The Hall–Kier alpha value is -2.28. The zero-order chi connectivity index (χ0) is 21.6. The molecule has 2 fully saturated rings. The number of primary amides is 1. The van der Waals surface area contributed by atoms with Gasteiger partial charge in [-0.05, 0) is 41.7 Å². The maximum Gasteiger partial charge on any atom is 0.267 e. The van der Waals surface area contributed by atoms with Crippen molar-refractivity contribution in [2.75, 3.05) is 26.7 Å². The molecule has 0 spiro atoms. The minimum absolute atomic E-state index is 0.285. The van der Waals surface area contributed by atoms with Gasteiger partial charge in [0, 0.05) is 57.6 Å². The van der Waals surface area contributed by atoms with Crippen molar-refractivity contribution in [3.63, 3.8) is 0 Å². The van der Waals surface area contributed by atoms with Crippen molar-refractivity contribution in [2.45, 2.75) is 43.3 Å². The molecule has 0 radical (unpaired) electrons. The summed E-state index contributed by atoms with van der Waals surface area (Å²) in [5.74, 6) is 0.0692. The van der Waals surface area contributed by atoms with Crippen molar-refractivity contribution < 1.29 is 14.6 Å². The molecule has 2 aliphatic carbocycles. The van der Waals surface area contributed by atoms with E-state index in [4.69, 9.17) is 10.5 Å². The summed E-state index contributed by atoms with van der Waals surface area (Å²) in [4.78, 5) is 18.3. The third-order valence-corrected chi connectivity index (χ3v) is 7.75. The second kappa shape index (κ2) is 7.69. The van der Waals surface area contributed by atoms with Gasteiger partial charge < -0.3 is 15.6 Å². The van der Waals surface area contributed by atoms with Crippen LogP contribution in [0.5, 0.6) is 0 Å². The number of fused-ring (bicyclic) bond motifs is 3. The molecule has 2 heterocycles. The number of methoxy groups -OCH3 is 1. The van der Waals surface area contributed by atoms with Crippen LogP contribution in [0.4, 0.5) is 0 Å². The Kier molecular flexibility index (Phi) is 5.12. The number of ether oxygens (including phenoxy) is 1. The molecule has 2 unspecified atom stereocenters. The maximum absolute atomic E-state index is 11.7. The van der Waals surface area contributed by atoms with E-state index in [1.165, 1.54) is 17.5 Å². The van der Waals surface area contributed by atoms with Crippen molar-refractivity contribution >= 4 is 5.91 Å². The summed E-state index contributed by atoms with van der Waals surface area (Å²) in [5, 5.41) is 11.4. The number of nitrogens with two attached hydrogens (primary N) is 1. The number of aromatic nitrogens is 1. The summed E-state index contributed by atoms with van der Waals surface area (Å²) in [6.07, 6.45) is 6.41. The molecule has 6 heteroatoms. The van der Waals surface area contributed by atoms with E-state index in [9.17, 15) is 9.90 Å². The first-order chi connectivity index (χ1) is 14.9. The number of likely N-dealkylation sites (tertiary alicyclic amines) is 1. The molecule has 1 aliphatic heterocycles. The number of amides is 1. The molecule has 5 rings (SSSR count). The van der Waals surface area contributed by atoms with Gasteiger partial charge in [-0.1, -0.05) is 30.7 Å². The zero-order valence-electron chi connectivity index (χ0n) is 18.1. The number of pyridine rings is 1. The number of piperidine rings is 1. The number of benzene rings is 1. The standard InChI is InChI=1S/C25H31N3O3/c1-31-25(19-9-10-27-22(11-19)23(26)29)20-7-4-8-21(25)15-28(14-20)16-24(30)12-17-5-2-3-6-18(17)13-24/h2-3,5-6,9-11,20-21,30H,4,7-8,12-16H2,1H3,(H2,26,29). The number of aliphatic hydroxyl groups is 1. The predicted molar refractivity (Wildman–Crippen MR) is 118 cm³/mol. The maximum atomic E-state index is 11.7. The minimum Gasteiger partial charge on any atom is -0.388 e. The van der Waals surface area contributed by atoms with Crippen LogP contribution in [0.25, 0.3) is 0 Å². The van der Waals surface area contributed by atoms with Crippen LogP contribution >= 0.6 is 0 Å². The molecule has 1 saturated heterocycles. The molecule has 3 aliphatic rings. The average Bonchev–Trinajstić information content (AvgIpc) is 3.08. The summed E-state index contributed by atoms with van der Waals surface area (Å²) in [6.45, 7) is 2.42. The monoisotopic (exact) mass is 421 g/mol. The molecule has 1 saturated carbocycles. The van der Waals surface area contributed by atoms with E-state index in [2.05, 4.69) is 34.1 Å². The Bertz CT molecular complexity index is 952. The second-order valence-electron chi connectivity index (χ2n) is 9.66. The van der Waals surface area contributed by atoms with Crippen LogP contribution in [0, 0.1) is 11.8 Å². The molecular formula is C25H31N3O3. The smallest absolute Gasteiger partial charge is 0.267 e. The Morgan fingerprint density at radius 1 is 1.19 bits per heavy atom. The quantitative estimate of drug-likeness (QED) is 0.773. The lowest BCUT2D eigenvalue weighted by atomic mass is 9.62. The van der Waals surface area contributed by atoms with Gasteiger partial charge in [0.15, 0.2) is 0 Å². The Balaban J connectivity index is 1.40. The van der Waals surface area contributed by atoms with Gasteiger partial charge in [-0.3, -0.25) is 14.7 Å². The normalized spacial score (nSPS) is 29.5. The van der Waals surface area contributed by atoms with Gasteiger partial charge in [0.25, 0.3) is 5.91 Å². The molecule has 1 amide bonds. The van der Waals surface area contributed by atoms with Crippen LogP contribution in [-0.4, -0.2) is 53.2 Å². The lowest BCUT2D eigenvalue weighted by Gasteiger charge is -2.56. The third kappa shape index (κ3) is 3.47. The second-order valence-corrected chi connectivity index (χ2v) is 9.66. The van der Waals surface area contributed by atoms with Crippen LogP contribution in [0.15, 0.2) is 42.6 Å². The van der Waals surface area contributed by atoms with Gasteiger partial charge in [-0.2, -0.15) is 0 Å². The molecule has 2 aromatic rings. The van der Waals surface area contributed by atoms with Crippen molar-refractivity contribution in [3.05, 3.63) is 65.0 Å². The van der Waals surface area contributed by atoms with E-state index in [1.54, 1.807) is 13.3 Å². The van der Waals surface area contributed by atoms with Gasteiger partial charge in [0.2, 0.25) is 0 Å². The number of β-amino-alcohol motifs (C(OH)–C–C–N with tert-alkyl or cyclic N) is 1. The van der Waals surface area contributed by atoms with Crippen LogP contribution in [-0.2, 0) is 23.2 Å². The molecule has 31 heavy (non-hydrogen) atoms. The van der Waals surface area contributed by atoms with E-state index in [0.717, 1.165) is 44.3 Å². The van der Waals surface area contributed by atoms with Crippen LogP contribution in [0.1, 0.15) is 46.4 Å². The molecule has 1 aromatic heterocycles. The summed E-state index contributed by atoms with van der Waals surface area (Å²) in [6, 6.07) is 12.2. The highest BCUT2D eigenvalue weighted by Gasteiger charge is 2.54. The van der Waals surface area contributed by atoms with E-state index in [0.29, 0.717) is 18.4 Å². The number of nitrogens with zero attached hydrogens (tertiary/aromatic N) is 2. The third-order valence-electron chi connectivity index (χ3n) is 7.75. The number of hydrogen-bond acceptors (Lipinski definition) is 5. The largest absolute Gasteiger partial charge is 0.388 e.